The molecule has 2 heterocycles. The minimum atomic E-state index is -1.82. The maximum Gasteiger partial charge on any atom is 0.414 e. The molecule has 0 aliphatic carbocycles. The molecule has 2 N–H and O–H groups in total. The van der Waals surface area contributed by atoms with Crippen LogP contribution in [0.25, 0.3) is 11.0 Å². The Hall–Kier alpha value is -4.31. The van der Waals surface area contributed by atoms with Crippen molar-refractivity contribution in [2.24, 2.45) is 5.92 Å². The van der Waals surface area contributed by atoms with Gasteiger partial charge in [0, 0.05) is 19.5 Å². The molecule has 0 bridgehead atoms. The number of aromatic nitrogens is 2. The SMILES string of the molecule is Fc1ccc(Cn2c(CC3CCN(CCCOc4ccc(F)cc4)CC3)nc3ccccc32)cc1.O=C(O)C(=O)O. The molecular formula is C31H33F2N3O5. The number of ether oxygens (including phenoxy) is 1. The van der Waals surface area contributed by atoms with E-state index in [1.54, 1.807) is 12.1 Å². The number of aliphatic carboxylic acids is 2. The fraction of sp³-hybridized carbons (Fsp3) is 0.323. The summed E-state index contributed by atoms with van der Waals surface area (Å²) in [6.07, 6.45) is 4.21. The van der Waals surface area contributed by atoms with E-state index in [0.717, 1.165) is 67.7 Å². The normalized spacial score (nSPS) is 13.9. The minimum absolute atomic E-state index is 0.210. The second-order valence-electron chi connectivity index (χ2n) is 9.98. The molecule has 41 heavy (non-hydrogen) atoms. The number of hydrogen-bond acceptors (Lipinski definition) is 5. The molecule has 0 spiro atoms. The van der Waals surface area contributed by atoms with E-state index in [-0.39, 0.29) is 11.6 Å². The Bertz CT molecular complexity index is 1420. The van der Waals surface area contributed by atoms with Crippen molar-refractivity contribution in [1.82, 2.24) is 14.5 Å². The topological polar surface area (TPSA) is 105 Å². The third-order valence-corrected chi connectivity index (χ3v) is 7.05. The lowest BCUT2D eigenvalue weighted by atomic mass is 9.93. The number of fused-ring (bicyclic) bond motifs is 1. The van der Waals surface area contributed by atoms with Crippen LogP contribution in [0.3, 0.4) is 0 Å². The largest absolute Gasteiger partial charge is 0.494 e. The highest BCUT2D eigenvalue weighted by molar-refractivity contribution is 6.27. The highest BCUT2D eigenvalue weighted by atomic mass is 19.1. The summed E-state index contributed by atoms with van der Waals surface area (Å²) in [5.41, 5.74) is 3.22. The van der Waals surface area contributed by atoms with Crippen LogP contribution in [0.4, 0.5) is 8.78 Å². The zero-order valence-electron chi connectivity index (χ0n) is 22.6. The van der Waals surface area contributed by atoms with E-state index in [1.807, 2.05) is 24.3 Å². The van der Waals surface area contributed by atoms with Gasteiger partial charge in [0.2, 0.25) is 0 Å². The zero-order valence-corrected chi connectivity index (χ0v) is 22.6. The highest BCUT2D eigenvalue weighted by Crippen LogP contribution is 2.25. The number of carboxylic acids is 2. The van der Waals surface area contributed by atoms with Gasteiger partial charge in [-0.3, -0.25) is 0 Å². The molecule has 10 heteroatoms. The number of carboxylic acid groups (broad SMARTS) is 2. The molecule has 216 valence electrons. The number of nitrogens with zero attached hydrogens (tertiary/aromatic N) is 3. The average molecular weight is 566 g/mol. The lowest BCUT2D eigenvalue weighted by Crippen LogP contribution is -2.35. The Morgan fingerprint density at radius 2 is 1.49 bits per heavy atom. The molecule has 0 radical (unpaired) electrons. The first-order chi connectivity index (χ1) is 19.8. The van der Waals surface area contributed by atoms with Gasteiger partial charge in [0.1, 0.15) is 23.2 Å². The summed E-state index contributed by atoms with van der Waals surface area (Å²) in [5, 5.41) is 14.8. The zero-order chi connectivity index (χ0) is 29.2. The number of para-hydroxylation sites is 2. The first-order valence-electron chi connectivity index (χ1n) is 13.5. The molecule has 0 unspecified atom stereocenters. The lowest BCUT2D eigenvalue weighted by Gasteiger charge is -2.31. The molecule has 0 amide bonds. The summed E-state index contributed by atoms with van der Waals surface area (Å²) >= 11 is 0. The van der Waals surface area contributed by atoms with Crippen LogP contribution in [-0.4, -0.2) is 62.8 Å². The van der Waals surface area contributed by atoms with Crippen molar-refractivity contribution < 1.29 is 33.3 Å². The van der Waals surface area contributed by atoms with Gasteiger partial charge >= 0.3 is 11.9 Å². The van der Waals surface area contributed by atoms with E-state index in [2.05, 4.69) is 21.6 Å². The second kappa shape index (κ2) is 14.4. The van der Waals surface area contributed by atoms with Crippen LogP contribution < -0.4 is 4.74 Å². The van der Waals surface area contributed by atoms with Gasteiger partial charge in [-0.05, 0) is 92.4 Å². The van der Waals surface area contributed by atoms with Crippen LogP contribution in [-0.2, 0) is 22.6 Å². The Kier molecular flexibility index (Phi) is 10.4. The average Bonchev–Trinajstić information content (AvgIpc) is 3.31. The van der Waals surface area contributed by atoms with E-state index >= 15 is 0 Å². The van der Waals surface area contributed by atoms with E-state index in [4.69, 9.17) is 29.5 Å². The number of hydrogen-bond donors (Lipinski definition) is 2. The first-order valence-corrected chi connectivity index (χ1v) is 13.5. The van der Waals surface area contributed by atoms with Gasteiger partial charge in [-0.15, -0.1) is 0 Å². The smallest absolute Gasteiger partial charge is 0.414 e. The van der Waals surface area contributed by atoms with Crippen LogP contribution in [0.1, 0.15) is 30.7 Å². The van der Waals surface area contributed by atoms with Crippen LogP contribution in [0, 0.1) is 17.6 Å². The van der Waals surface area contributed by atoms with Crippen molar-refractivity contribution in [2.75, 3.05) is 26.2 Å². The van der Waals surface area contributed by atoms with Gasteiger partial charge in [0.05, 0.1) is 17.6 Å². The second-order valence-corrected chi connectivity index (χ2v) is 9.98. The fourth-order valence-electron chi connectivity index (χ4n) is 4.91. The van der Waals surface area contributed by atoms with Crippen molar-refractivity contribution in [3.8, 4) is 5.75 Å². The van der Waals surface area contributed by atoms with Gasteiger partial charge in [-0.25, -0.2) is 23.4 Å². The van der Waals surface area contributed by atoms with Gasteiger partial charge in [0.25, 0.3) is 0 Å². The molecule has 5 rings (SSSR count). The van der Waals surface area contributed by atoms with Gasteiger partial charge in [-0.1, -0.05) is 24.3 Å². The third-order valence-electron chi connectivity index (χ3n) is 7.05. The van der Waals surface area contributed by atoms with Gasteiger partial charge in [0.15, 0.2) is 0 Å². The molecule has 1 saturated heterocycles. The number of benzene rings is 3. The maximum absolute atomic E-state index is 13.4. The first kappa shape index (κ1) is 29.7. The predicted octanol–water partition coefficient (Wildman–Crippen LogP) is 5.24. The van der Waals surface area contributed by atoms with Crippen LogP contribution in [0.5, 0.6) is 5.75 Å². The summed E-state index contributed by atoms with van der Waals surface area (Å²) in [4.78, 5) is 25.7. The van der Waals surface area contributed by atoms with Crippen LogP contribution in [0.2, 0.25) is 0 Å². The number of likely N-dealkylation sites (tertiary alicyclic amines) is 1. The molecule has 1 aliphatic heterocycles. The molecule has 0 saturated carbocycles. The van der Waals surface area contributed by atoms with Crippen molar-refractivity contribution in [3.05, 3.63) is 95.8 Å². The standard InChI is InChI=1S/C29H31F2N3O.C2H2O4/c30-24-8-6-23(7-9-24)21-34-28-5-2-1-4-27(28)32-29(34)20-22-14-17-33(18-15-22)16-3-19-35-26-12-10-25(31)11-13-26;3-1(4)2(5)6/h1-2,4-13,22H,3,14-21H2;(H,3,4)(H,5,6). The molecule has 1 fully saturated rings. The molecule has 8 nitrogen and oxygen atoms in total. The highest BCUT2D eigenvalue weighted by Gasteiger charge is 2.22. The lowest BCUT2D eigenvalue weighted by molar-refractivity contribution is -0.159. The molecular weight excluding hydrogens is 532 g/mol. The minimum Gasteiger partial charge on any atom is -0.494 e. The van der Waals surface area contributed by atoms with Crippen molar-refractivity contribution in [1.29, 1.82) is 0 Å². The Morgan fingerprint density at radius 1 is 0.878 bits per heavy atom. The number of imidazole rings is 1. The monoisotopic (exact) mass is 565 g/mol. The number of rotatable bonds is 9. The predicted molar refractivity (Wildman–Crippen MR) is 150 cm³/mol. The Balaban J connectivity index is 0.000000585. The van der Waals surface area contributed by atoms with Crippen molar-refractivity contribution in [3.63, 3.8) is 0 Å². The molecule has 4 aromatic rings. The summed E-state index contributed by atoms with van der Waals surface area (Å²) in [5.74, 6) is -1.67. The maximum atomic E-state index is 13.4. The molecule has 3 aromatic carbocycles. The fourth-order valence-corrected chi connectivity index (χ4v) is 4.91. The molecule has 1 aliphatic rings. The summed E-state index contributed by atoms with van der Waals surface area (Å²) in [6.45, 7) is 4.51. The van der Waals surface area contributed by atoms with Gasteiger partial charge in [-0.2, -0.15) is 0 Å². The number of carbonyl (C=O) groups is 2. The summed E-state index contributed by atoms with van der Waals surface area (Å²) in [6, 6.07) is 21.2. The van der Waals surface area contributed by atoms with Gasteiger partial charge < -0.3 is 24.4 Å². The number of halogens is 2. The van der Waals surface area contributed by atoms with Crippen molar-refractivity contribution in [2.45, 2.75) is 32.2 Å². The van der Waals surface area contributed by atoms with E-state index < -0.39 is 11.9 Å². The number of piperidine rings is 1. The van der Waals surface area contributed by atoms with E-state index in [1.165, 1.54) is 24.3 Å². The van der Waals surface area contributed by atoms with E-state index in [0.29, 0.717) is 24.8 Å². The van der Waals surface area contributed by atoms with Crippen molar-refractivity contribution >= 4 is 23.0 Å². The van der Waals surface area contributed by atoms with Crippen LogP contribution >= 0.6 is 0 Å². The Morgan fingerprint density at radius 3 is 2.12 bits per heavy atom. The Labute approximate surface area is 236 Å². The molecule has 1 aromatic heterocycles. The molecule has 0 atom stereocenters. The summed E-state index contributed by atoms with van der Waals surface area (Å²) < 4.78 is 34.4. The quantitative estimate of drug-likeness (QED) is 0.211. The third kappa shape index (κ3) is 8.84. The van der Waals surface area contributed by atoms with E-state index in [9.17, 15) is 8.78 Å². The summed E-state index contributed by atoms with van der Waals surface area (Å²) in [7, 11) is 0. The van der Waals surface area contributed by atoms with Crippen LogP contribution in [0.15, 0.2) is 72.8 Å².